The summed E-state index contributed by atoms with van der Waals surface area (Å²) >= 11 is 3.26. The number of rotatable bonds is 2. The van der Waals surface area contributed by atoms with Gasteiger partial charge in [0, 0.05) is 22.0 Å². The zero-order valence-corrected chi connectivity index (χ0v) is 11.0. The third kappa shape index (κ3) is 3.76. The summed E-state index contributed by atoms with van der Waals surface area (Å²) in [5, 5.41) is 0. The fourth-order valence-electron chi connectivity index (χ4n) is 0.914. The van der Waals surface area contributed by atoms with Gasteiger partial charge in [-0.2, -0.15) is 4.36 Å². The van der Waals surface area contributed by atoms with Gasteiger partial charge in [-0.05, 0) is 18.2 Å². The Hall–Kier alpha value is -0.680. The second-order valence-corrected chi connectivity index (χ2v) is 6.75. The maximum atomic E-state index is 11.6. The Morgan fingerprint density at radius 1 is 1.53 bits per heavy atom. The van der Waals surface area contributed by atoms with Crippen LogP contribution in [-0.4, -0.2) is 22.1 Å². The maximum absolute atomic E-state index is 11.6. The Bertz CT molecular complexity index is 490. The highest BCUT2D eigenvalue weighted by atomic mass is 79.9. The maximum Gasteiger partial charge on any atom is 0.285 e. The van der Waals surface area contributed by atoms with Crippen molar-refractivity contribution in [3.05, 3.63) is 34.3 Å². The van der Waals surface area contributed by atoms with E-state index in [4.69, 9.17) is 0 Å². The highest BCUT2D eigenvalue weighted by Crippen LogP contribution is 2.13. The number of benzene rings is 1. The van der Waals surface area contributed by atoms with E-state index in [1.54, 1.807) is 25.1 Å². The molecule has 1 rings (SSSR count). The lowest BCUT2D eigenvalue weighted by Gasteiger charge is -1.99. The summed E-state index contributed by atoms with van der Waals surface area (Å²) in [6.45, 7) is 1.75. The molecule has 1 atom stereocenters. The minimum absolute atomic E-state index is 0.382. The van der Waals surface area contributed by atoms with Crippen LogP contribution in [0.5, 0.6) is 0 Å². The number of halogens is 1. The van der Waals surface area contributed by atoms with E-state index in [9.17, 15) is 9.00 Å². The summed E-state index contributed by atoms with van der Waals surface area (Å²) in [5.74, 6) is -0.0436. The Kier molecular flexibility index (Phi) is 4.04. The summed E-state index contributed by atoms with van der Waals surface area (Å²) in [4.78, 5) is 11.6. The van der Waals surface area contributed by atoms with E-state index in [1.807, 2.05) is 6.07 Å². The molecule has 0 saturated heterocycles. The molecule has 0 aromatic heterocycles. The molecule has 0 radical (unpaired) electrons. The highest BCUT2D eigenvalue weighted by Gasteiger charge is 2.07. The third-order valence-corrected chi connectivity index (χ3v) is 4.00. The smallest absolute Gasteiger partial charge is 0.266 e. The zero-order valence-electron chi connectivity index (χ0n) is 8.57. The molecule has 0 heterocycles. The van der Waals surface area contributed by atoms with Crippen LogP contribution in [0.1, 0.15) is 17.3 Å². The van der Waals surface area contributed by atoms with Crippen molar-refractivity contribution in [2.75, 3.05) is 12.0 Å². The zero-order chi connectivity index (χ0) is 11.5. The lowest BCUT2D eigenvalue weighted by atomic mass is 10.2. The molecule has 0 saturated carbocycles. The number of amides is 1. The van der Waals surface area contributed by atoms with Gasteiger partial charge in [0.2, 0.25) is 0 Å². The lowest BCUT2D eigenvalue weighted by Crippen LogP contribution is -2.04. The molecule has 5 heteroatoms. The molecule has 0 aliphatic heterocycles. The molecular weight excluding hydrogens is 278 g/mol. The van der Waals surface area contributed by atoms with Crippen LogP contribution in [0.15, 0.2) is 33.1 Å². The molecule has 3 nitrogen and oxygen atoms in total. The van der Waals surface area contributed by atoms with Gasteiger partial charge >= 0.3 is 0 Å². The van der Waals surface area contributed by atoms with Crippen molar-refractivity contribution in [3.8, 4) is 0 Å². The minimum atomic E-state index is -2.37. The van der Waals surface area contributed by atoms with Crippen molar-refractivity contribution in [1.82, 2.24) is 0 Å². The van der Waals surface area contributed by atoms with Crippen LogP contribution < -0.4 is 0 Å². The van der Waals surface area contributed by atoms with Crippen LogP contribution in [0.25, 0.3) is 0 Å². The summed E-state index contributed by atoms with van der Waals surface area (Å²) in [6.07, 6.45) is 1.49. The predicted octanol–water partition coefficient (Wildman–Crippen LogP) is 2.71. The van der Waals surface area contributed by atoms with E-state index in [0.717, 1.165) is 4.47 Å². The van der Waals surface area contributed by atoms with Crippen molar-refractivity contribution in [3.63, 3.8) is 0 Å². The average Bonchev–Trinajstić information content (AvgIpc) is 2.17. The number of carbonyl (C=O) groups excluding carboxylic acids is 1. The van der Waals surface area contributed by atoms with E-state index in [0.29, 0.717) is 11.3 Å². The minimum Gasteiger partial charge on any atom is -0.266 e. The first-order chi connectivity index (χ1) is 6.94. The molecule has 1 aromatic carbocycles. The van der Waals surface area contributed by atoms with Crippen molar-refractivity contribution in [2.45, 2.75) is 6.92 Å². The van der Waals surface area contributed by atoms with Crippen LogP contribution >= 0.6 is 15.9 Å². The Labute approximate surface area is 98.2 Å². The second-order valence-electron chi connectivity index (χ2n) is 3.15. The van der Waals surface area contributed by atoms with Gasteiger partial charge in [0.1, 0.15) is 0 Å². The number of hydrogen-bond donors (Lipinski definition) is 0. The van der Waals surface area contributed by atoms with Crippen LogP contribution in [0, 0.1) is 0 Å². The number of nitrogens with zero attached hydrogens (tertiary/aromatic N) is 1. The summed E-state index contributed by atoms with van der Waals surface area (Å²) in [6, 6.07) is 6.88. The monoisotopic (exact) mass is 289 g/mol. The second kappa shape index (κ2) is 4.90. The van der Waals surface area contributed by atoms with Gasteiger partial charge < -0.3 is 0 Å². The summed E-state index contributed by atoms with van der Waals surface area (Å²) in [5.41, 5.74) is 0.451. The molecule has 0 bridgehead atoms. The molecule has 0 aliphatic carbocycles. The molecule has 0 N–H and O–H groups in total. The summed E-state index contributed by atoms with van der Waals surface area (Å²) < 4.78 is 16.1. The van der Waals surface area contributed by atoms with Crippen LogP contribution in [0.4, 0.5) is 0 Å². The molecule has 0 spiro atoms. The van der Waals surface area contributed by atoms with Crippen molar-refractivity contribution in [2.24, 2.45) is 4.36 Å². The van der Waals surface area contributed by atoms with Gasteiger partial charge in [0.15, 0.2) is 0 Å². The topological polar surface area (TPSA) is 46.5 Å². The molecule has 1 amide bonds. The Morgan fingerprint density at radius 2 is 2.20 bits per heavy atom. The fourth-order valence-corrected chi connectivity index (χ4v) is 1.90. The van der Waals surface area contributed by atoms with E-state index in [2.05, 4.69) is 20.3 Å². The van der Waals surface area contributed by atoms with Gasteiger partial charge in [0.05, 0.1) is 9.73 Å². The molecule has 15 heavy (non-hydrogen) atoms. The Morgan fingerprint density at radius 3 is 2.73 bits per heavy atom. The van der Waals surface area contributed by atoms with Gasteiger partial charge in [-0.25, -0.2) is 4.21 Å². The highest BCUT2D eigenvalue weighted by molar-refractivity contribution is 9.10. The van der Waals surface area contributed by atoms with Crippen molar-refractivity contribution < 1.29 is 9.00 Å². The van der Waals surface area contributed by atoms with Gasteiger partial charge in [-0.3, -0.25) is 4.79 Å². The number of hydrogen-bond acceptors (Lipinski definition) is 2. The largest absolute Gasteiger partial charge is 0.285 e. The summed E-state index contributed by atoms with van der Waals surface area (Å²) in [7, 11) is -2.37. The first kappa shape index (κ1) is 12.4. The molecule has 0 aliphatic rings. The van der Waals surface area contributed by atoms with Crippen LogP contribution in [0.2, 0.25) is 0 Å². The number of carbonyl (C=O) groups is 1. The molecule has 1 aromatic rings. The average molecular weight is 290 g/mol. The van der Waals surface area contributed by atoms with E-state index < -0.39 is 15.6 Å². The molecule has 0 fully saturated rings. The quantitative estimate of drug-likeness (QED) is 0.840. The predicted molar refractivity (Wildman–Crippen MR) is 65.5 cm³/mol. The van der Waals surface area contributed by atoms with Gasteiger partial charge in [0.25, 0.3) is 5.91 Å². The standard InChI is InChI=1S/C10H12BrNO2S/c1-3-15(2,14)12-10(13)8-5-4-6-9(11)7-8/h4-7H,3H2,1-2H3. The SMILES string of the molecule is CCS(C)(=O)=NC(=O)c1cccc(Br)c1. The van der Waals surface area contributed by atoms with E-state index >= 15 is 0 Å². The van der Waals surface area contributed by atoms with Crippen LogP contribution in [-0.2, 0) is 9.73 Å². The first-order valence-electron chi connectivity index (χ1n) is 4.44. The fraction of sp³-hybridized carbons (Fsp3) is 0.300. The van der Waals surface area contributed by atoms with E-state index in [-0.39, 0.29) is 0 Å². The molecular formula is C10H12BrNO2S. The van der Waals surface area contributed by atoms with E-state index in [1.165, 1.54) is 6.26 Å². The van der Waals surface area contributed by atoms with Crippen molar-refractivity contribution >= 4 is 31.6 Å². The first-order valence-corrected chi connectivity index (χ1v) is 7.33. The Balaban J connectivity index is 3.07. The lowest BCUT2D eigenvalue weighted by molar-refractivity contribution is 0.100. The normalized spacial score (nSPS) is 14.3. The van der Waals surface area contributed by atoms with Gasteiger partial charge in [-0.1, -0.05) is 28.9 Å². The molecule has 1 unspecified atom stereocenters. The third-order valence-electron chi connectivity index (χ3n) is 1.88. The van der Waals surface area contributed by atoms with Gasteiger partial charge in [-0.15, -0.1) is 0 Å². The van der Waals surface area contributed by atoms with Crippen LogP contribution in [0.3, 0.4) is 0 Å². The molecule has 82 valence electrons. The van der Waals surface area contributed by atoms with Crippen molar-refractivity contribution in [1.29, 1.82) is 0 Å².